The summed E-state index contributed by atoms with van der Waals surface area (Å²) >= 11 is 0. The Balaban J connectivity index is 2.10. The fraction of sp³-hybridized carbons (Fsp3) is 0.389. The molecular formula is C18H23N3. The Morgan fingerprint density at radius 2 is 1.90 bits per heavy atom. The maximum Gasteiger partial charge on any atom is 0.120 e. The number of rotatable bonds is 5. The highest BCUT2D eigenvalue weighted by molar-refractivity contribution is 5.34. The average molecular weight is 281 g/mol. The molecule has 0 saturated carbocycles. The van der Waals surface area contributed by atoms with Gasteiger partial charge in [0.1, 0.15) is 11.8 Å². The molecule has 0 aliphatic heterocycles. The van der Waals surface area contributed by atoms with Crippen molar-refractivity contribution < 1.29 is 0 Å². The molecular weight excluding hydrogens is 258 g/mol. The monoisotopic (exact) mass is 281 g/mol. The second-order valence-corrected chi connectivity index (χ2v) is 5.56. The van der Waals surface area contributed by atoms with Crippen molar-refractivity contribution in [2.75, 3.05) is 0 Å². The molecule has 0 fully saturated rings. The number of aryl methyl sites for hydroxylation is 1. The summed E-state index contributed by atoms with van der Waals surface area (Å²) in [5, 5.41) is 12.7. The van der Waals surface area contributed by atoms with Crippen molar-refractivity contribution in [2.24, 2.45) is 7.05 Å². The minimum Gasteiger partial charge on any atom is -0.340 e. The van der Waals surface area contributed by atoms with Crippen LogP contribution < -0.4 is 5.32 Å². The molecule has 0 saturated heterocycles. The summed E-state index contributed by atoms with van der Waals surface area (Å²) in [5.74, 6) is 0. The molecule has 0 spiro atoms. The van der Waals surface area contributed by atoms with Gasteiger partial charge in [-0.3, -0.25) is 0 Å². The zero-order chi connectivity index (χ0) is 15.4. The van der Waals surface area contributed by atoms with Gasteiger partial charge in [0.25, 0.3) is 0 Å². The van der Waals surface area contributed by atoms with E-state index in [1.54, 1.807) is 0 Å². The van der Waals surface area contributed by atoms with Gasteiger partial charge in [0.2, 0.25) is 0 Å². The number of nitriles is 1. The molecule has 0 aliphatic carbocycles. The lowest BCUT2D eigenvalue weighted by Crippen LogP contribution is -2.20. The van der Waals surface area contributed by atoms with Crippen LogP contribution in [0, 0.1) is 25.2 Å². The third-order valence-electron chi connectivity index (χ3n) is 4.18. The molecule has 1 heterocycles. The van der Waals surface area contributed by atoms with Crippen LogP contribution in [-0.4, -0.2) is 4.57 Å². The van der Waals surface area contributed by atoms with Gasteiger partial charge in [0, 0.05) is 25.3 Å². The van der Waals surface area contributed by atoms with Crippen LogP contribution in [0.25, 0.3) is 0 Å². The lowest BCUT2D eigenvalue weighted by molar-refractivity contribution is 0.517. The number of hydrogen-bond acceptors (Lipinski definition) is 2. The van der Waals surface area contributed by atoms with Crippen LogP contribution in [0.2, 0.25) is 0 Å². The molecule has 3 heteroatoms. The largest absolute Gasteiger partial charge is 0.340 e. The van der Waals surface area contributed by atoms with Gasteiger partial charge in [0.05, 0.1) is 0 Å². The predicted molar refractivity (Wildman–Crippen MR) is 85.9 cm³/mol. The van der Waals surface area contributed by atoms with E-state index >= 15 is 0 Å². The van der Waals surface area contributed by atoms with Crippen molar-refractivity contribution in [1.29, 1.82) is 5.26 Å². The summed E-state index contributed by atoms with van der Waals surface area (Å²) in [6.45, 7) is 7.14. The van der Waals surface area contributed by atoms with E-state index in [0.717, 1.165) is 18.7 Å². The van der Waals surface area contributed by atoms with Crippen molar-refractivity contribution >= 4 is 0 Å². The highest BCUT2D eigenvalue weighted by Crippen LogP contribution is 2.19. The van der Waals surface area contributed by atoms with Crippen LogP contribution in [0.15, 0.2) is 30.3 Å². The number of hydrogen-bond donors (Lipinski definition) is 1. The van der Waals surface area contributed by atoms with E-state index in [-0.39, 0.29) is 0 Å². The Morgan fingerprint density at radius 3 is 2.43 bits per heavy atom. The molecule has 21 heavy (non-hydrogen) atoms. The summed E-state index contributed by atoms with van der Waals surface area (Å²) in [5.41, 5.74) is 5.66. The van der Waals surface area contributed by atoms with Crippen LogP contribution in [0.1, 0.15) is 47.5 Å². The maximum absolute atomic E-state index is 9.09. The molecule has 1 aromatic carbocycles. The third kappa shape index (κ3) is 3.34. The van der Waals surface area contributed by atoms with Gasteiger partial charge >= 0.3 is 0 Å². The van der Waals surface area contributed by atoms with Gasteiger partial charge in [-0.15, -0.1) is 0 Å². The molecule has 0 unspecified atom stereocenters. The van der Waals surface area contributed by atoms with Crippen LogP contribution in [0.4, 0.5) is 0 Å². The van der Waals surface area contributed by atoms with Crippen molar-refractivity contribution in [1.82, 2.24) is 9.88 Å². The minimum absolute atomic E-state index is 0.343. The summed E-state index contributed by atoms with van der Waals surface area (Å²) in [7, 11) is 1.94. The molecule has 0 aliphatic rings. The first-order chi connectivity index (χ1) is 10.1. The molecule has 2 rings (SSSR count). The molecule has 110 valence electrons. The summed E-state index contributed by atoms with van der Waals surface area (Å²) in [6, 6.07) is 13.2. The Morgan fingerprint density at radius 1 is 1.24 bits per heavy atom. The first-order valence-electron chi connectivity index (χ1n) is 7.42. The van der Waals surface area contributed by atoms with Crippen molar-refractivity contribution in [3.8, 4) is 6.07 Å². The Bertz CT molecular complexity index is 644. The fourth-order valence-electron chi connectivity index (χ4n) is 2.58. The van der Waals surface area contributed by atoms with Crippen molar-refractivity contribution in [3.63, 3.8) is 0 Å². The van der Waals surface area contributed by atoms with E-state index in [1.807, 2.05) is 17.7 Å². The van der Waals surface area contributed by atoms with Gasteiger partial charge in [0.15, 0.2) is 0 Å². The highest BCUT2D eigenvalue weighted by Gasteiger charge is 2.12. The standard InChI is InChI=1S/C18H23N3/c1-5-18(15-8-6-13(2)7-9-15)20-12-16-10-17(11-19)21(4)14(16)3/h6-10,18,20H,5,12H2,1-4H3/t18-/m1/s1. The predicted octanol–water partition coefficient (Wildman–Crippen LogP) is 3.75. The van der Waals surface area contributed by atoms with E-state index < -0.39 is 0 Å². The number of aromatic nitrogens is 1. The summed E-state index contributed by atoms with van der Waals surface area (Å²) in [6.07, 6.45) is 1.04. The molecule has 2 aromatic rings. The SMILES string of the molecule is CC[C@@H](NCc1cc(C#N)n(C)c1C)c1ccc(C)cc1. The Labute approximate surface area is 127 Å². The van der Waals surface area contributed by atoms with E-state index in [4.69, 9.17) is 5.26 Å². The molecule has 0 radical (unpaired) electrons. The number of benzene rings is 1. The second-order valence-electron chi connectivity index (χ2n) is 5.56. The van der Waals surface area contributed by atoms with Gasteiger partial charge in [-0.05, 0) is 37.5 Å². The van der Waals surface area contributed by atoms with Gasteiger partial charge in [-0.2, -0.15) is 5.26 Å². The van der Waals surface area contributed by atoms with Crippen molar-refractivity contribution in [3.05, 3.63) is 58.4 Å². The summed E-state index contributed by atoms with van der Waals surface area (Å²) in [4.78, 5) is 0. The van der Waals surface area contributed by atoms with Crippen molar-refractivity contribution in [2.45, 2.75) is 39.8 Å². The Hall–Kier alpha value is -2.05. The quantitative estimate of drug-likeness (QED) is 0.906. The average Bonchev–Trinajstić information content (AvgIpc) is 2.77. The molecule has 0 bridgehead atoms. The first kappa shape index (κ1) is 15.3. The molecule has 1 aromatic heterocycles. The third-order valence-corrected chi connectivity index (χ3v) is 4.18. The van der Waals surface area contributed by atoms with Crippen LogP contribution >= 0.6 is 0 Å². The van der Waals surface area contributed by atoms with Crippen LogP contribution in [-0.2, 0) is 13.6 Å². The smallest absolute Gasteiger partial charge is 0.120 e. The lowest BCUT2D eigenvalue weighted by Gasteiger charge is -2.18. The topological polar surface area (TPSA) is 40.8 Å². The Kier molecular flexibility index (Phi) is 4.82. The lowest BCUT2D eigenvalue weighted by atomic mass is 10.0. The number of nitrogens with one attached hydrogen (secondary N) is 1. The number of nitrogens with zero attached hydrogens (tertiary/aromatic N) is 2. The molecule has 1 N–H and O–H groups in total. The van der Waals surface area contributed by atoms with E-state index in [9.17, 15) is 0 Å². The zero-order valence-corrected chi connectivity index (χ0v) is 13.3. The molecule has 0 amide bonds. The minimum atomic E-state index is 0.343. The van der Waals surface area contributed by atoms with Gasteiger partial charge < -0.3 is 9.88 Å². The van der Waals surface area contributed by atoms with E-state index in [2.05, 4.69) is 56.4 Å². The van der Waals surface area contributed by atoms with E-state index in [0.29, 0.717) is 11.7 Å². The first-order valence-corrected chi connectivity index (χ1v) is 7.42. The highest BCUT2D eigenvalue weighted by atomic mass is 15.0. The molecule has 1 atom stereocenters. The van der Waals surface area contributed by atoms with Gasteiger partial charge in [-0.25, -0.2) is 0 Å². The maximum atomic E-state index is 9.09. The van der Waals surface area contributed by atoms with E-state index in [1.165, 1.54) is 16.7 Å². The van der Waals surface area contributed by atoms with Crippen LogP contribution in [0.3, 0.4) is 0 Å². The summed E-state index contributed by atoms with van der Waals surface area (Å²) < 4.78 is 1.95. The normalized spacial score (nSPS) is 12.1. The van der Waals surface area contributed by atoms with Gasteiger partial charge in [-0.1, -0.05) is 36.8 Å². The second kappa shape index (κ2) is 6.60. The zero-order valence-electron chi connectivity index (χ0n) is 13.3. The fourth-order valence-corrected chi connectivity index (χ4v) is 2.58. The molecule has 3 nitrogen and oxygen atoms in total. The van der Waals surface area contributed by atoms with Crippen LogP contribution in [0.5, 0.6) is 0 Å².